The van der Waals surface area contributed by atoms with Crippen molar-refractivity contribution in [2.45, 2.75) is 26.2 Å². The molecule has 2 aromatic heterocycles. The molecular formula is C25H28Cl2N2O4. The molecular weight excluding hydrogens is 463 g/mol. The number of pyridine rings is 2. The monoisotopic (exact) mass is 490 g/mol. The summed E-state index contributed by atoms with van der Waals surface area (Å²) >= 11 is 0. The molecule has 0 unspecified atom stereocenters. The van der Waals surface area contributed by atoms with Crippen molar-refractivity contribution in [1.29, 1.82) is 0 Å². The SMILES string of the molecule is CCCc1[nH]c(=O)c(Cc2cnc3ccc(OC)cc3c2)c2cc(OC)c(OC)cc12.Cl.Cl. The first kappa shape index (κ1) is 26.3. The molecule has 0 aliphatic rings. The summed E-state index contributed by atoms with van der Waals surface area (Å²) in [6, 6.07) is 11.7. The third-order valence-corrected chi connectivity index (χ3v) is 5.54. The number of rotatable bonds is 7. The van der Waals surface area contributed by atoms with Crippen LogP contribution in [0.3, 0.4) is 0 Å². The molecule has 2 heterocycles. The van der Waals surface area contributed by atoms with Crippen LogP contribution in [0.4, 0.5) is 0 Å². The second kappa shape index (κ2) is 11.3. The number of benzene rings is 2. The first-order valence-electron chi connectivity index (χ1n) is 10.3. The van der Waals surface area contributed by atoms with E-state index in [9.17, 15) is 4.79 Å². The minimum atomic E-state index is -0.0890. The molecule has 1 N–H and O–H groups in total. The Morgan fingerprint density at radius 3 is 2.24 bits per heavy atom. The molecule has 0 aliphatic carbocycles. The molecule has 0 atom stereocenters. The average molecular weight is 491 g/mol. The van der Waals surface area contributed by atoms with Crippen LogP contribution in [0.5, 0.6) is 17.2 Å². The van der Waals surface area contributed by atoms with Crippen LogP contribution in [0.15, 0.2) is 47.4 Å². The molecule has 0 radical (unpaired) electrons. The summed E-state index contributed by atoms with van der Waals surface area (Å²) in [7, 11) is 4.86. The van der Waals surface area contributed by atoms with Gasteiger partial charge in [-0.2, -0.15) is 0 Å². The first-order valence-corrected chi connectivity index (χ1v) is 10.3. The number of nitrogens with one attached hydrogen (secondary N) is 1. The van der Waals surface area contributed by atoms with Crippen LogP contribution >= 0.6 is 24.8 Å². The van der Waals surface area contributed by atoms with Crippen LogP contribution in [0.1, 0.15) is 30.2 Å². The Kier molecular flexibility index (Phi) is 8.97. The van der Waals surface area contributed by atoms with E-state index in [1.54, 1.807) is 21.3 Å². The zero-order valence-electron chi connectivity index (χ0n) is 19.1. The summed E-state index contributed by atoms with van der Waals surface area (Å²) in [6.45, 7) is 2.09. The molecule has 0 spiro atoms. The van der Waals surface area contributed by atoms with Crippen molar-refractivity contribution >= 4 is 46.5 Å². The minimum Gasteiger partial charge on any atom is -0.497 e. The zero-order valence-corrected chi connectivity index (χ0v) is 20.7. The summed E-state index contributed by atoms with van der Waals surface area (Å²) in [5, 5.41) is 2.82. The molecule has 0 saturated carbocycles. The van der Waals surface area contributed by atoms with Crippen LogP contribution in [-0.4, -0.2) is 31.3 Å². The number of hydrogen-bond donors (Lipinski definition) is 1. The fourth-order valence-corrected chi connectivity index (χ4v) is 3.99. The highest BCUT2D eigenvalue weighted by Gasteiger charge is 2.16. The van der Waals surface area contributed by atoms with E-state index in [0.29, 0.717) is 23.5 Å². The van der Waals surface area contributed by atoms with E-state index < -0.39 is 0 Å². The maximum Gasteiger partial charge on any atom is 0.252 e. The molecule has 0 bridgehead atoms. The van der Waals surface area contributed by atoms with Crippen LogP contribution in [-0.2, 0) is 12.8 Å². The molecule has 6 nitrogen and oxygen atoms in total. The number of methoxy groups -OCH3 is 3. The van der Waals surface area contributed by atoms with Gasteiger partial charge < -0.3 is 19.2 Å². The third kappa shape index (κ3) is 5.18. The predicted octanol–water partition coefficient (Wildman–Crippen LogP) is 5.49. The van der Waals surface area contributed by atoms with E-state index in [1.807, 2.05) is 36.5 Å². The lowest BCUT2D eigenvalue weighted by Crippen LogP contribution is -2.16. The molecule has 2 aromatic carbocycles. The van der Waals surface area contributed by atoms with Crippen LogP contribution < -0.4 is 19.8 Å². The van der Waals surface area contributed by atoms with E-state index >= 15 is 0 Å². The molecule has 4 aromatic rings. The Bertz CT molecular complexity index is 1320. The number of aromatic amines is 1. The molecule has 0 saturated heterocycles. The molecule has 8 heteroatoms. The van der Waals surface area contributed by atoms with Gasteiger partial charge in [-0.1, -0.05) is 13.3 Å². The lowest BCUT2D eigenvalue weighted by molar-refractivity contribution is 0.356. The Morgan fingerprint density at radius 2 is 1.61 bits per heavy atom. The van der Waals surface area contributed by atoms with Gasteiger partial charge in [0, 0.05) is 34.6 Å². The summed E-state index contributed by atoms with van der Waals surface area (Å²) < 4.78 is 16.3. The third-order valence-electron chi connectivity index (χ3n) is 5.54. The van der Waals surface area contributed by atoms with Gasteiger partial charge >= 0.3 is 0 Å². The quantitative estimate of drug-likeness (QED) is 0.370. The smallest absolute Gasteiger partial charge is 0.252 e. The number of H-pyrrole nitrogens is 1. The van der Waals surface area contributed by atoms with Crippen molar-refractivity contribution in [1.82, 2.24) is 9.97 Å². The van der Waals surface area contributed by atoms with Crippen molar-refractivity contribution in [2.24, 2.45) is 0 Å². The number of fused-ring (bicyclic) bond motifs is 2. The van der Waals surface area contributed by atoms with E-state index in [1.165, 1.54) is 0 Å². The highest BCUT2D eigenvalue weighted by Crippen LogP contribution is 2.35. The van der Waals surface area contributed by atoms with E-state index in [0.717, 1.165) is 51.5 Å². The van der Waals surface area contributed by atoms with Gasteiger partial charge in [-0.25, -0.2) is 0 Å². The van der Waals surface area contributed by atoms with Crippen LogP contribution in [0.2, 0.25) is 0 Å². The van der Waals surface area contributed by atoms with Gasteiger partial charge in [0.2, 0.25) is 0 Å². The van der Waals surface area contributed by atoms with Gasteiger partial charge in [0.25, 0.3) is 5.56 Å². The lowest BCUT2D eigenvalue weighted by Gasteiger charge is -2.15. The van der Waals surface area contributed by atoms with Gasteiger partial charge in [-0.15, -0.1) is 24.8 Å². The Labute approximate surface area is 205 Å². The molecule has 0 amide bonds. The fourth-order valence-electron chi connectivity index (χ4n) is 3.99. The van der Waals surface area contributed by atoms with Crippen molar-refractivity contribution in [3.63, 3.8) is 0 Å². The molecule has 0 aliphatic heterocycles. The summed E-state index contributed by atoms with van der Waals surface area (Å²) in [6.07, 6.45) is 3.97. The summed E-state index contributed by atoms with van der Waals surface area (Å²) in [5.74, 6) is 2.02. The van der Waals surface area contributed by atoms with Crippen molar-refractivity contribution in [3.8, 4) is 17.2 Å². The van der Waals surface area contributed by atoms with Crippen molar-refractivity contribution in [2.75, 3.05) is 21.3 Å². The van der Waals surface area contributed by atoms with Crippen LogP contribution in [0, 0.1) is 0 Å². The maximum absolute atomic E-state index is 13.1. The van der Waals surface area contributed by atoms with Crippen molar-refractivity contribution < 1.29 is 14.2 Å². The maximum atomic E-state index is 13.1. The van der Waals surface area contributed by atoms with Crippen LogP contribution in [0.25, 0.3) is 21.7 Å². The van der Waals surface area contributed by atoms with Gasteiger partial charge in [-0.3, -0.25) is 9.78 Å². The Morgan fingerprint density at radius 1 is 0.909 bits per heavy atom. The highest BCUT2D eigenvalue weighted by molar-refractivity contribution is 5.91. The number of aryl methyl sites for hydroxylation is 1. The Hall–Kier alpha value is -2.96. The first-order chi connectivity index (χ1) is 15.1. The summed E-state index contributed by atoms with van der Waals surface area (Å²) in [5.41, 5.74) is 3.33. The van der Waals surface area contributed by atoms with Gasteiger partial charge in [0.05, 0.1) is 26.8 Å². The largest absolute Gasteiger partial charge is 0.497 e. The average Bonchev–Trinajstić information content (AvgIpc) is 2.80. The standard InChI is InChI=1S/C25H26N2O4.2ClH/c1-5-6-22-19-13-24(31-4)23(30-3)12-18(19)20(25(28)27-22)10-15-9-16-11-17(29-2)7-8-21(16)26-14-15;;/h7-9,11-14H,5-6,10H2,1-4H3,(H,27,28);2*1H. The molecule has 176 valence electrons. The number of aromatic nitrogens is 2. The van der Waals surface area contributed by atoms with E-state index in [-0.39, 0.29) is 30.4 Å². The number of hydrogen-bond acceptors (Lipinski definition) is 5. The molecule has 0 fully saturated rings. The molecule has 4 rings (SSSR count). The predicted molar refractivity (Wildman–Crippen MR) is 137 cm³/mol. The Balaban J connectivity index is 0.00000193. The minimum absolute atomic E-state index is 0. The zero-order chi connectivity index (χ0) is 22.0. The normalized spacial score (nSPS) is 10.4. The topological polar surface area (TPSA) is 73.4 Å². The second-order valence-corrected chi connectivity index (χ2v) is 7.49. The van der Waals surface area contributed by atoms with Gasteiger partial charge in [0.1, 0.15) is 5.75 Å². The number of nitrogens with zero attached hydrogens (tertiary/aromatic N) is 1. The lowest BCUT2D eigenvalue weighted by atomic mass is 9.97. The van der Waals surface area contributed by atoms with Gasteiger partial charge in [-0.05, 0) is 53.8 Å². The second-order valence-electron chi connectivity index (χ2n) is 7.49. The molecule has 33 heavy (non-hydrogen) atoms. The highest BCUT2D eigenvalue weighted by atomic mass is 35.5. The fraction of sp³-hybridized carbons (Fsp3) is 0.280. The van der Waals surface area contributed by atoms with E-state index in [2.05, 4.69) is 23.0 Å². The summed E-state index contributed by atoms with van der Waals surface area (Å²) in [4.78, 5) is 20.7. The number of ether oxygens (including phenoxy) is 3. The van der Waals surface area contributed by atoms with E-state index in [4.69, 9.17) is 14.2 Å². The number of halogens is 2. The van der Waals surface area contributed by atoms with Gasteiger partial charge in [0.15, 0.2) is 11.5 Å². The van der Waals surface area contributed by atoms with Crippen molar-refractivity contribution in [3.05, 3.63) is 69.8 Å².